The molecule has 8 heteroatoms. The highest BCUT2D eigenvalue weighted by atomic mass is 19.1. The van der Waals surface area contributed by atoms with E-state index in [1.165, 1.54) is 18.3 Å². The molecule has 1 aromatic heterocycles. The van der Waals surface area contributed by atoms with Crippen LogP contribution in [0.5, 0.6) is 0 Å². The van der Waals surface area contributed by atoms with Crippen LogP contribution >= 0.6 is 0 Å². The average molecular weight is 399 g/mol. The molecular formula is C21H26FN5O2. The summed E-state index contributed by atoms with van der Waals surface area (Å²) in [5.41, 5.74) is 1.20. The smallest absolute Gasteiger partial charge is 0.272 e. The Morgan fingerprint density at radius 2 is 1.86 bits per heavy atom. The van der Waals surface area contributed by atoms with E-state index in [4.69, 9.17) is 0 Å². The third-order valence-electron chi connectivity index (χ3n) is 4.85. The molecule has 2 aromatic rings. The molecule has 0 unspecified atom stereocenters. The maximum atomic E-state index is 14.0. The van der Waals surface area contributed by atoms with E-state index in [-0.39, 0.29) is 23.3 Å². The van der Waals surface area contributed by atoms with Gasteiger partial charge < -0.3 is 20.0 Å². The van der Waals surface area contributed by atoms with Gasteiger partial charge in [0.25, 0.3) is 11.8 Å². The quantitative estimate of drug-likeness (QED) is 0.797. The zero-order valence-electron chi connectivity index (χ0n) is 16.8. The number of pyridine rings is 1. The molecule has 1 aliphatic heterocycles. The van der Waals surface area contributed by atoms with E-state index in [0.29, 0.717) is 44.0 Å². The van der Waals surface area contributed by atoms with Crippen LogP contribution < -0.4 is 10.2 Å². The Bertz CT molecular complexity index is 866. The first kappa shape index (κ1) is 20.7. The number of nitrogens with zero attached hydrogens (tertiary/aromatic N) is 4. The van der Waals surface area contributed by atoms with E-state index < -0.39 is 0 Å². The van der Waals surface area contributed by atoms with Gasteiger partial charge in [-0.25, -0.2) is 4.39 Å². The highest BCUT2D eigenvalue weighted by Gasteiger charge is 2.24. The molecule has 0 spiro atoms. The number of nitrogens with one attached hydrogen (secondary N) is 1. The molecule has 1 saturated heterocycles. The second kappa shape index (κ2) is 9.47. The molecule has 154 valence electrons. The van der Waals surface area contributed by atoms with Gasteiger partial charge in [-0.1, -0.05) is 12.1 Å². The molecule has 7 nitrogen and oxygen atoms in total. The molecule has 2 amide bonds. The third-order valence-corrected chi connectivity index (χ3v) is 4.85. The number of para-hydroxylation sites is 1. The number of rotatable bonds is 6. The molecule has 1 aliphatic rings. The fourth-order valence-electron chi connectivity index (χ4n) is 3.20. The van der Waals surface area contributed by atoms with E-state index in [0.717, 1.165) is 6.54 Å². The summed E-state index contributed by atoms with van der Waals surface area (Å²) in [6.07, 6.45) is 1.48. The monoisotopic (exact) mass is 399 g/mol. The first-order valence-corrected chi connectivity index (χ1v) is 9.63. The van der Waals surface area contributed by atoms with E-state index in [1.54, 1.807) is 29.2 Å². The van der Waals surface area contributed by atoms with Crippen LogP contribution in [0, 0.1) is 5.82 Å². The van der Waals surface area contributed by atoms with Crippen molar-refractivity contribution in [1.82, 2.24) is 20.1 Å². The Balaban J connectivity index is 1.60. The van der Waals surface area contributed by atoms with Gasteiger partial charge in [0, 0.05) is 51.0 Å². The zero-order valence-corrected chi connectivity index (χ0v) is 16.8. The van der Waals surface area contributed by atoms with Crippen molar-refractivity contribution < 1.29 is 14.0 Å². The number of benzene rings is 1. The molecule has 1 fully saturated rings. The first-order valence-electron chi connectivity index (χ1n) is 9.63. The number of anilines is 1. The van der Waals surface area contributed by atoms with Crippen molar-refractivity contribution in [3.8, 4) is 0 Å². The predicted molar refractivity (Wildman–Crippen MR) is 110 cm³/mol. The standard InChI is InChI=1S/C21H26FN5O2/c1-25(2)10-9-24-20(28)16-7-8-23-18(15-16)21(29)27-13-11-26(12-14-27)19-6-4-3-5-17(19)22/h3-8,15H,9-14H2,1-2H3,(H,24,28). The Morgan fingerprint density at radius 3 is 2.55 bits per heavy atom. The molecule has 0 bridgehead atoms. The Morgan fingerprint density at radius 1 is 1.14 bits per heavy atom. The van der Waals surface area contributed by atoms with Gasteiger partial charge in [0.1, 0.15) is 11.5 Å². The normalized spacial score (nSPS) is 14.2. The van der Waals surface area contributed by atoms with Crippen molar-refractivity contribution in [2.24, 2.45) is 0 Å². The van der Waals surface area contributed by atoms with Crippen molar-refractivity contribution in [3.05, 3.63) is 59.7 Å². The molecule has 1 N–H and O–H groups in total. The number of carbonyl (C=O) groups excluding carboxylic acids is 2. The highest BCUT2D eigenvalue weighted by Crippen LogP contribution is 2.20. The maximum absolute atomic E-state index is 14.0. The summed E-state index contributed by atoms with van der Waals surface area (Å²) in [5.74, 6) is -0.712. The van der Waals surface area contributed by atoms with E-state index in [2.05, 4.69) is 10.3 Å². The number of piperazine rings is 1. The van der Waals surface area contributed by atoms with E-state index in [9.17, 15) is 14.0 Å². The number of hydrogen-bond donors (Lipinski definition) is 1. The molecule has 0 saturated carbocycles. The van der Waals surface area contributed by atoms with E-state index >= 15 is 0 Å². The lowest BCUT2D eigenvalue weighted by Gasteiger charge is -2.36. The summed E-state index contributed by atoms with van der Waals surface area (Å²) in [5, 5.41) is 2.83. The Labute approximate surface area is 170 Å². The summed E-state index contributed by atoms with van der Waals surface area (Å²) in [6.45, 7) is 3.27. The Kier molecular flexibility index (Phi) is 6.77. The molecule has 2 heterocycles. The van der Waals surface area contributed by atoms with Gasteiger partial charge in [-0.15, -0.1) is 0 Å². The largest absolute Gasteiger partial charge is 0.366 e. The van der Waals surface area contributed by atoms with Crippen molar-refractivity contribution in [3.63, 3.8) is 0 Å². The molecule has 0 aliphatic carbocycles. The summed E-state index contributed by atoms with van der Waals surface area (Å²) >= 11 is 0. The summed E-state index contributed by atoms with van der Waals surface area (Å²) in [4.78, 5) is 34.8. The number of aromatic nitrogens is 1. The van der Waals surface area contributed by atoms with Crippen LogP contribution in [-0.4, -0.2) is 80.0 Å². The lowest BCUT2D eigenvalue weighted by atomic mass is 10.2. The van der Waals surface area contributed by atoms with Crippen molar-refractivity contribution >= 4 is 17.5 Å². The van der Waals surface area contributed by atoms with Crippen LogP contribution in [0.4, 0.5) is 10.1 Å². The van der Waals surface area contributed by atoms with E-state index in [1.807, 2.05) is 23.9 Å². The van der Waals surface area contributed by atoms with Crippen molar-refractivity contribution in [2.45, 2.75) is 0 Å². The van der Waals surface area contributed by atoms with Crippen LogP contribution in [0.3, 0.4) is 0 Å². The second-order valence-corrected chi connectivity index (χ2v) is 7.22. The highest BCUT2D eigenvalue weighted by molar-refractivity contribution is 5.98. The lowest BCUT2D eigenvalue weighted by Crippen LogP contribution is -2.49. The maximum Gasteiger partial charge on any atom is 0.272 e. The number of carbonyl (C=O) groups is 2. The minimum Gasteiger partial charge on any atom is -0.366 e. The number of halogens is 1. The molecule has 29 heavy (non-hydrogen) atoms. The molecule has 0 atom stereocenters. The Hall–Kier alpha value is -3.00. The summed E-state index contributed by atoms with van der Waals surface area (Å²) in [6, 6.07) is 9.76. The number of hydrogen-bond acceptors (Lipinski definition) is 5. The molecule has 1 aromatic carbocycles. The van der Waals surface area contributed by atoms with Crippen LogP contribution in [-0.2, 0) is 0 Å². The number of likely N-dealkylation sites (N-methyl/N-ethyl adjacent to an activating group) is 1. The first-order chi connectivity index (χ1) is 14.0. The van der Waals surface area contributed by atoms with Crippen LogP contribution in [0.2, 0.25) is 0 Å². The summed E-state index contributed by atoms with van der Waals surface area (Å²) < 4.78 is 14.0. The van der Waals surface area contributed by atoms with Gasteiger partial charge in [0.15, 0.2) is 0 Å². The van der Waals surface area contributed by atoms with Crippen LogP contribution in [0.1, 0.15) is 20.8 Å². The molecule has 3 rings (SSSR count). The zero-order chi connectivity index (χ0) is 20.8. The number of amides is 2. The lowest BCUT2D eigenvalue weighted by molar-refractivity contribution is 0.0740. The minimum absolute atomic E-state index is 0.221. The fraction of sp³-hybridized carbons (Fsp3) is 0.381. The summed E-state index contributed by atoms with van der Waals surface area (Å²) in [7, 11) is 3.86. The molecular weight excluding hydrogens is 373 g/mol. The van der Waals surface area contributed by atoms with Crippen molar-refractivity contribution in [2.75, 3.05) is 58.3 Å². The van der Waals surface area contributed by atoms with Gasteiger partial charge in [0.05, 0.1) is 5.69 Å². The molecule has 0 radical (unpaired) electrons. The minimum atomic E-state index is -0.262. The van der Waals surface area contributed by atoms with Gasteiger partial charge in [-0.2, -0.15) is 0 Å². The fourth-order valence-corrected chi connectivity index (χ4v) is 3.20. The van der Waals surface area contributed by atoms with Gasteiger partial charge in [-0.05, 0) is 38.4 Å². The third kappa shape index (κ3) is 5.29. The topological polar surface area (TPSA) is 68.8 Å². The van der Waals surface area contributed by atoms with Gasteiger partial charge >= 0.3 is 0 Å². The van der Waals surface area contributed by atoms with Crippen LogP contribution in [0.15, 0.2) is 42.6 Å². The average Bonchev–Trinajstić information content (AvgIpc) is 2.73. The van der Waals surface area contributed by atoms with Crippen molar-refractivity contribution in [1.29, 1.82) is 0 Å². The SMILES string of the molecule is CN(C)CCNC(=O)c1ccnc(C(=O)N2CCN(c3ccccc3F)CC2)c1. The van der Waals surface area contributed by atoms with Crippen LogP contribution in [0.25, 0.3) is 0 Å². The second-order valence-electron chi connectivity index (χ2n) is 7.22. The van der Waals surface area contributed by atoms with Gasteiger partial charge in [-0.3, -0.25) is 14.6 Å². The predicted octanol–water partition coefficient (Wildman–Crippen LogP) is 1.47. The van der Waals surface area contributed by atoms with Gasteiger partial charge in [0.2, 0.25) is 0 Å².